The molecule has 2 aromatic carbocycles. The molecule has 9 heteroatoms. The van der Waals surface area contributed by atoms with E-state index in [9.17, 15) is 9.59 Å². The molecular weight excluding hydrogens is 468 g/mol. The van der Waals surface area contributed by atoms with Gasteiger partial charge in [-0.05, 0) is 42.5 Å². The van der Waals surface area contributed by atoms with Crippen LogP contribution in [0.15, 0.2) is 61.2 Å². The first-order valence-electron chi connectivity index (χ1n) is 12.5. The van der Waals surface area contributed by atoms with Gasteiger partial charge in [0.1, 0.15) is 12.9 Å². The second-order valence-corrected chi connectivity index (χ2v) is 9.52. The second-order valence-electron chi connectivity index (χ2n) is 9.52. The fourth-order valence-electron chi connectivity index (χ4n) is 4.79. The maximum absolute atomic E-state index is 12.7. The number of anilines is 1. The van der Waals surface area contributed by atoms with E-state index >= 15 is 0 Å². The highest BCUT2D eigenvalue weighted by Crippen LogP contribution is 2.44. The zero-order valence-electron chi connectivity index (χ0n) is 21.2. The summed E-state index contributed by atoms with van der Waals surface area (Å²) in [7, 11) is 1.68. The number of hydrogen-bond donors (Lipinski definition) is 1. The molecule has 0 radical (unpaired) electrons. The first kappa shape index (κ1) is 24.4. The molecule has 0 atom stereocenters. The van der Waals surface area contributed by atoms with Crippen molar-refractivity contribution in [2.24, 2.45) is 0 Å². The van der Waals surface area contributed by atoms with Crippen molar-refractivity contribution < 1.29 is 14.3 Å². The van der Waals surface area contributed by atoms with E-state index in [0.717, 1.165) is 0 Å². The third-order valence-electron chi connectivity index (χ3n) is 6.72. The lowest BCUT2D eigenvalue weighted by Gasteiger charge is -2.19. The van der Waals surface area contributed by atoms with Crippen LogP contribution in [0.1, 0.15) is 49.8 Å². The summed E-state index contributed by atoms with van der Waals surface area (Å²) in [5, 5.41) is 2.82. The number of carbonyl (C=O) groups excluding carboxylic acids is 2. The van der Waals surface area contributed by atoms with Gasteiger partial charge in [-0.25, -0.2) is 19.7 Å². The van der Waals surface area contributed by atoms with Crippen LogP contribution in [-0.2, 0) is 9.53 Å². The van der Waals surface area contributed by atoms with Gasteiger partial charge in [-0.2, -0.15) is 0 Å². The molecule has 0 aliphatic heterocycles. The topological polar surface area (TPSA) is 102 Å². The van der Waals surface area contributed by atoms with Gasteiger partial charge >= 0.3 is 6.09 Å². The summed E-state index contributed by atoms with van der Waals surface area (Å²) in [4.78, 5) is 39.5. The number of nitrogens with zero attached hydrogens (tertiary/aromatic N) is 5. The molecule has 190 valence electrons. The molecular formula is C28H30N6O3. The summed E-state index contributed by atoms with van der Waals surface area (Å²) in [5.74, 6) is 0.207. The maximum Gasteiger partial charge on any atom is 0.409 e. The monoisotopic (exact) mass is 498 g/mol. The zero-order valence-corrected chi connectivity index (χ0v) is 21.2. The van der Waals surface area contributed by atoms with Crippen molar-refractivity contribution in [1.82, 2.24) is 24.4 Å². The number of fused-ring (bicyclic) bond motifs is 4. The minimum atomic E-state index is -0.404. The van der Waals surface area contributed by atoms with Crippen LogP contribution in [0.3, 0.4) is 0 Å². The molecule has 0 saturated heterocycles. The highest BCUT2D eigenvalue weighted by molar-refractivity contribution is 5.96. The third-order valence-corrected chi connectivity index (χ3v) is 6.72. The zero-order chi connectivity index (χ0) is 25.9. The number of benzene rings is 2. The van der Waals surface area contributed by atoms with Gasteiger partial charge in [0.25, 0.3) is 0 Å². The van der Waals surface area contributed by atoms with Crippen LogP contribution in [0, 0.1) is 0 Å². The summed E-state index contributed by atoms with van der Waals surface area (Å²) in [6, 6.07) is 16.7. The van der Waals surface area contributed by atoms with E-state index in [1.165, 1.54) is 33.5 Å². The van der Waals surface area contributed by atoms with E-state index in [1.54, 1.807) is 13.4 Å². The normalized spacial score (nSPS) is 12.4. The molecule has 9 nitrogen and oxygen atoms in total. The minimum Gasteiger partial charge on any atom is -0.448 e. The first-order chi connectivity index (χ1) is 17.9. The average Bonchev–Trinajstić information content (AvgIpc) is 3.48. The highest BCUT2D eigenvalue weighted by atomic mass is 16.6. The van der Waals surface area contributed by atoms with Gasteiger partial charge in [-0.1, -0.05) is 48.5 Å². The molecule has 5 rings (SSSR count). The Balaban J connectivity index is 1.12. The van der Waals surface area contributed by atoms with Gasteiger partial charge in [-0.3, -0.25) is 4.79 Å². The van der Waals surface area contributed by atoms with E-state index in [1.807, 2.05) is 42.7 Å². The van der Waals surface area contributed by atoms with E-state index in [-0.39, 0.29) is 30.9 Å². The van der Waals surface area contributed by atoms with Gasteiger partial charge in [0.2, 0.25) is 5.91 Å². The number of rotatable bonds is 8. The average molecular weight is 499 g/mol. The van der Waals surface area contributed by atoms with Gasteiger partial charge < -0.3 is 19.5 Å². The molecule has 0 bridgehead atoms. The molecule has 0 saturated carbocycles. The van der Waals surface area contributed by atoms with Crippen molar-refractivity contribution in [2.75, 3.05) is 25.5 Å². The molecule has 37 heavy (non-hydrogen) atoms. The van der Waals surface area contributed by atoms with Crippen LogP contribution >= 0.6 is 0 Å². The van der Waals surface area contributed by atoms with Crippen molar-refractivity contribution in [3.05, 3.63) is 72.3 Å². The summed E-state index contributed by atoms with van der Waals surface area (Å²) >= 11 is 0. The molecule has 2 heterocycles. The Morgan fingerprint density at radius 2 is 1.70 bits per heavy atom. The molecule has 2 amide bonds. The number of ether oxygens (including phenoxy) is 1. The van der Waals surface area contributed by atoms with Gasteiger partial charge in [0.05, 0.1) is 6.33 Å². The Hall–Kier alpha value is -4.27. The van der Waals surface area contributed by atoms with Crippen LogP contribution in [0.4, 0.5) is 10.6 Å². The predicted molar refractivity (Wildman–Crippen MR) is 141 cm³/mol. The molecule has 0 spiro atoms. The van der Waals surface area contributed by atoms with Crippen molar-refractivity contribution in [3.63, 3.8) is 0 Å². The summed E-state index contributed by atoms with van der Waals surface area (Å²) in [6.07, 6.45) is 3.43. The Labute approximate surface area is 215 Å². The molecule has 0 fully saturated rings. The quantitative estimate of drug-likeness (QED) is 0.367. The number of carbonyl (C=O) groups is 2. The Morgan fingerprint density at radius 1 is 1.03 bits per heavy atom. The molecule has 1 aliphatic rings. The van der Waals surface area contributed by atoms with Crippen molar-refractivity contribution in [3.8, 4) is 11.1 Å². The van der Waals surface area contributed by atoms with Crippen molar-refractivity contribution in [2.45, 2.75) is 38.6 Å². The molecule has 4 aromatic rings. The third kappa shape index (κ3) is 4.89. The molecule has 0 unspecified atom stereocenters. The van der Waals surface area contributed by atoms with Crippen molar-refractivity contribution in [1.29, 1.82) is 0 Å². The van der Waals surface area contributed by atoms with E-state index in [2.05, 4.69) is 44.5 Å². The van der Waals surface area contributed by atoms with Crippen molar-refractivity contribution >= 4 is 29.0 Å². The Kier molecular flexibility index (Phi) is 6.85. The number of amides is 2. The number of aromatic nitrogens is 4. The van der Waals surface area contributed by atoms with Crippen LogP contribution in [0.25, 0.3) is 22.3 Å². The lowest BCUT2D eigenvalue weighted by atomic mass is 9.98. The van der Waals surface area contributed by atoms with E-state index in [4.69, 9.17) is 4.74 Å². The Morgan fingerprint density at radius 3 is 2.38 bits per heavy atom. The second kappa shape index (κ2) is 10.4. The molecule has 1 aliphatic carbocycles. The highest BCUT2D eigenvalue weighted by Gasteiger charge is 2.29. The molecule has 2 aromatic heterocycles. The van der Waals surface area contributed by atoms with E-state index in [0.29, 0.717) is 29.9 Å². The first-order valence-corrected chi connectivity index (χ1v) is 12.5. The summed E-state index contributed by atoms with van der Waals surface area (Å²) < 4.78 is 7.61. The lowest BCUT2D eigenvalue weighted by molar-refractivity contribution is -0.116. The fraction of sp³-hybridized carbons (Fsp3) is 0.321. The van der Waals surface area contributed by atoms with Crippen LogP contribution in [0.5, 0.6) is 0 Å². The Bertz CT molecular complexity index is 1400. The number of nitrogens with one attached hydrogen (secondary N) is 1. The van der Waals surface area contributed by atoms with Crippen LogP contribution in [-0.4, -0.2) is 56.6 Å². The standard InChI is InChI=1S/C28H30N6O3/c1-18(2)34-17-31-25-26(29-16-30-27(25)34)32-24(35)13-8-14-33(3)28(36)37-15-23-21-11-6-4-9-19(21)20-10-5-7-12-22(20)23/h4-7,9-12,16-18,23H,8,13-15H2,1-3H3,(H,29,30,32,35). The fourth-order valence-corrected chi connectivity index (χ4v) is 4.79. The van der Waals surface area contributed by atoms with E-state index < -0.39 is 6.09 Å². The maximum atomic E-state index is 12.7. The lowest BCUT2D eigenvalue weighted by Crippen LogP contribution is -2.30. The predicted octanol–water partition coefficient (Wildman–Crippen LogP) is 5.01. The minimum absolute atomic E-state index is 0.0133. The van der Waals surface area contributed by atoms with Crippen LogP contribution in [0.2, 0.25) is 0 Å². The molecule has 1 N–H and O–H groups in total. The number of hydrogen-bond acceptors (Lipinski definition) is 6. The SMILES string of the molecule is CC(C)n1cnc2c(NC(=O)CCCN(C)C(=O)OCC3c4ccccc4-c4ccccc43)ncnc21. The summed E-state index contributed by atoms with van der Waals surface area (Å²) in [5.41, 5.74) is 5.96. The van der Waals surface area contributed by atoms with Gasteiger partial charge in [0, 0.05) is 32.0 Å². The number of imidazole rings is 1. The largest absolute Gasteiger partial charge is 0.448 e. The smallest absolute Gasteiger partial charge is 0.409 e. The van der Waals surface area contributed by atoms with Gasteiger partial charge in [0.15, 0.2) is 17.0 Å². The van der Waals surface area contributed by atoms with Crippen LogP contribution < -0.4 is 5.32 Å². The van der Waals surface area contributed by atoms with Gasteiger partial charge in [-0.15, -0.1) is 0 Å². The summed E-state index contributed by atoms with van der Waals surface area (Å²) in [6.45, 7) is 4.73.